The lowest BCUT2D eigenvalue weighted by Crippen LogP contribution is -2.38. The predicted molar refractivity (Wildman–Crippen MR) is 140 cm³/mol. The molecule has 1 fully saturated rings. The summed E-state index contributed by atoms with van der Waals surface area (Å²) < 4.78 is 13.1. The van der Waals surface area contributed by atoms with Crippen LogP contribution in [0.1, 0.15) is 30.9 Å². The Morgan fingerprint density at radius 3 is 2.62 bits per heavy atom. The van der Waals surface area contributed by atoms with Crippen molar-refractivity contribution >= 4 is 68.1 Å². The largest absolute Gasteiger partial charge is 0.490 e. The van der Waals surface area contributed by atoms with Crippen molar-refractivity contribution in [1.29, 1.82) is 0 Å². The summed E-state index contributed by atoms with van der Waals surface area (Å²) in [6.07, 6.45) is 3.18. The number of aryl methyl sites for hydroxylation is 1. The van der Waals surface area contributed by atoms with E-state index in [0.717, 1.165) is 22.9 Å². The number of carbonyl (C=O) groups excluding carboxylic acids is 3. The fourth-order valence-electron chi connectivity index (χ4n) is 2.82. The van der Waals surface area contributed by atoms with Crippen LogP contribution < -0.4 is 25.5 Å². The van der Waals surface area contributed by atoms with Crippen molar-refractivity contribution in [2.45, 2.75) is 32.7 Å². The molecule has 3 N–H and O–H groups in total. The Kier molecular flexibility index (Phi) is 9.28. The van der Waals surface area contributed by atoms with Crippen molar-refractivity contribution in [2.24, 2.45) is 5.10 Å². The number of nitrogens with zero attached hydrogens (tertiary/aromatic N) is 1. The molecule has 0 radical (unpaired) electrons. The SMILES string of the molecule is CCOc1cc(/C=N\NC(=O)C(=O)NC2CC2)cc(I)c1OCC(=O)Nc1ccc(Br)c(C)c1. The zero-order valence-corrected chi connectivity index (χ0v) is 22.4. The second-order valence-electron chi connectivity index (χ2n) is 7.51. The molecule has 2 aromatic carbocycles. The summed E-state index contributed by atoms with van der Waals surface area (Å²) in [5.41, 5.74) is 4.51. The molecule has 1 aliphatic rings. The maximum Gasteiger partial charge on any atom is 0.329 e. The molecule has 1 saturated carbocycles. The standard InChI is InChI=1S/C23H24BrIN4O5/c1-3-33-19-10-14(11-26-29-23(32)22(31)28-15-4-5-15)9-18(25)21(19)34-12-20(30)27-16-6-7-17(24)13(2)8-16/h6-11,15H,3-5,12H2,1-2H3,(H,27,30)(H,28,31)(H,29,32)/b26-11-. The molecule has 0 aromatic heterocycles. The van der Waals surface area contributed by atoms with Gasteiger partial charge in [-0.15, -0.1) is 0 Å². The molecule has 11 heteroatoms. The van der Waals surface area contributed by atoms with E-state index in [1.807, 2.05) is 26.0 Å². The van der Waals surface area contributed by atoms with Crippen molar-refractivity contribution < 1.29 is 23.9 Å². The maximum atomic E-state index is 12.4. The van der Waals surface area contributed by atoms with Gasteiger partial charge in [0.1, 0.15) is 0 Å². The smallest absolute Gasteiger partial charge is 0.329 e. The Balaban J connectivity index is 1.61. The predicted octanol–water partition coefficient (Wildman–Crippen LogP) is 3.51. The Morgan fingerprint density at radius 1 is 1.18 bits per heavy atom. The highest BCUT2D eigenvalue weighted by molar-refractivity contribution is 14.1. The van der Waals surface area contributed by atoms with Gasteiger partial charge in [-0.2, -0.15) is 5.10 Å². The molecule has 0 spiro atoms. The number of rotatable bonds is 9. The normalized spacial score (nSPS) is 12.8. The topological polar surface area (TPSA) is 118 Å². The van der Waals surface area contributed by atoms with E-state index in [-0.39, 0.29) is 18.6 Å². The first-order valence-electron chi connectivity index (χ1n) is 10.6. The maximum absolute atomic E-state index is 12.4. The average Bonchev–Trinajstić information content (AvgIpc) is 3.60. The molecule has 0 bridgehead atoms. The Hall–Kier alpha value is -2.67. The van der Waals surface area contributed by atoms with E-state index in [2.05, 4.69) is 59.7 Å². The van der Waals surface area contributed by atoms with Gasteiger partial charge in [-0.05, 0) is 90.7 Å². The number of carbonyl (C=O) groups is 3. The minimum atomic E-state index is -0.824. The van der Waals surface area contributed by atoms with Gasteiger partial charge in [0, 0.05) is 16.2 Å². The third kappa shape index (κ3) is 7.69. The summed E-state index contributed by atoms with van der Waals surface area (Å²) in [6.45, 7) is 3.95. The fraction of sp³-hybridized carbons (Fsp3) is 0.304. The van der Waals surface area contributed by atoms with Gasteiger partial charge in [-0.1, -0.05) is 15.9 Å². The van der Waals surface area contributed by atoms with Crippen LogP contribution in [-0.4, -0.2) is 43.2 Å². The number of anilines is 1. The van der Waals surface area contributed by atoms with Crippen molar-refractivity contribution in [3.63, 3.8) is 0 Å². The van der Waals surface area contributed by atoms with Crippen LogP contribution in [0.5, 0.6) is 11.5 Å². The molecule has 0 aliphatic heterocycles. The lowest BCUT2D eigenvalue weighted by molar-refractivity contribution is -0.139. The first kappa shape index (κ1) is 25.9. The first-order valence-corrected chi connectivity index (χ1v) is 12.4. The lowest BCUT2D eigenvalue weighted by atomic mass is 10.2. The number of hydrogen-bond acceptors (Lipinski definition) is 6. The summed E-state index contributed by atoms with van der Waals surface area (Å²) in [5, 5.41) is 9.24. The fourth-order valence-corrected chi connectivity index (χ4v) is 3.85. The van der Waals surface area contributed by atoms with E-state index in [9.17, 15) is 14.4 Å². The molecule has 0 saturated heterocycles. The highest BCUT2D eigenvalue weighted by atomic mass is 127. The zero-order valence-electron chi connectivity index (χ0n) is 18.6. The van der Waals surface area contributed by atoms with Gasteiger partial charge in [0.25, 0.3) is 5.91 Å². The van der Waals surface area contributed by atoms with Crippen LogP contribution in [0.2, 0.25) is 0 Å². The average molecular weight is 643 g/mol. The van der Waals surface area contributed by atoms with Crippen molar-refractivity contribution in [1.82, 2.24) is 10.7 Å². The summed E-state index contributed by atoms with van der Waals surface area (Å²) in [6, 6.07) is 9.05. The van der Waals surface area contributed by atoms with E-state index in [4.69, 9.17) is 9.47 Å². The molecular weight excluding hydrogens is 619 g/mol. The highest BCUT2D eigenvalue weighted by Crippen LogP contribution is 2.34. The van der Waals surface area contributed by atoms with Crippen LogP contribution in [-0.2, 0) is 14.4 Å². The van der Waals surface area contributed by atoms with Gasteiger partial charge in [-0.25, -0.2) is 5.43 Å². The Bertz CT molecular complexity index is 1120. The third-order valence-electron chi connectivity index (χ3n) is 4.62. The second kappa shape index (κ2) is 12.2. The zero-order chi connectivity index (χ0) is 24.7. The molecule has 9 nitrogen and oxygen atoms in total. The molecule has 0 heterocycles. The van der Waals surface area contributed by atoms with Gasteiger partial charge in [-0.3, -0.25) is 14.4 Å². The van der Waals surface area contributed by atoms with Crippen LogP contribution in [0, 0.1) is 10.5 Å². The number of hydrogen-bond donors (Lipinski definition) is 3. The number of nitrogens with one attached hydrogen (secondary N) is 3. The quantitative estimate of drug-likeness (QED) is 0.168. The van der Waals surface area contributed by atoms with Gasteiger partial charge in [0.15, 0.2) is 18.1 Å². The van der Waals surface area contributed by atoms with Crippen LogP contribution in [0.4, 0.5) is 5.69 Å². The number of amides is 3. The molecule has 3 amide bonds. The van der Waals surface area contributed by atoms with Gasteiger partial charge >= 0.3 is 11.8 Å². The molecule has 0 unspecified atom stereocenters. The molecule has 3 rings (SSSR count). The van der Waals surface area contributed by atoms with Crippen molar-refractivity contribution in [2.75, 3.05) is 18.5 Å². The Morgan fingerprint density at radius 2 is 1.94 bits per heavy atom. The summed E-state index contributed by atoms with van der Waals surface area (Å²) >= 11 is 5.50. The summed E-state index contributed by atoms with van der Waals surface area (Å²) in [4.78, 5) is 35.8. The summed E-state index contributed by atoms with van der Waals surface area (Å²) in [5.74, 6) is -0.979. The van der Waals surface area contributed by atoms with E-state index in [0.29, 0.717) is 32.9 Å². The van der Waals surface area contributed by atoms with Crippen LogP contribution >= 0.6 is 38.5 Å². The minimum Gasteiger partial charge on any atom is -0.490 e. The molecule has 34 heavy (non-hydrogen) atoms. The van der Waals surface area contributed by atoms with E-state index in [1.54, 1.807) is 18.2 Å². The van der Waals surface area contributed by atoms with Gasteiger partial charge < -0.3 is 20.1 Å². The third-order valence-corrected chi connectivity index (χ3v) is 6.31. The van der Waals surface area contributed by atoms with Gasteiger partial charge in [0.05, 0.1) is 16.4 Å². The number of halogens is 2. The van der Waals surface area contributed by atoms with E-state index < -0.39 is 11.8 Å². The molecule has 180 valence electrons. The molecule has 2 aromatic rings. The lowest BCUT2D eigenvalue weighted by Gasteiger charge is -2.15. The monoisotopic (exact) mass is 642 g/mol. The molecular formula is C23H24BrIN4O5. The minimum absolute atomic E-state index is 0.0890. The highest BCUT2D eigenvalue weighted by Gasteiger charge is 2.26. The van der Waals surface area contributed by atoms with Crippen LogP contribution in [0.3, 0.4) is 0 Å². The number of hydrazone groups is 1. The van der Waals surface area contributed by atoms with Crippen molar-refractivity contribution in [3.05, 3.63) is 49.5 Å². The first-order chi connectivity index (χ1) is 16.3. The van der Waals surface area contributed by atoms with Crippen LogP contribution in [0.15, 0.2) is 39.9 Å². The van der Waals surface area contributed by atoms with E-state index >= 15 is 0 Å². The molecule has 1 aliphatic carbocycles. The van der Waals surface area contributed by atoms with Gasteiger partial charge in [0.2, 0.25) is 0 Å². The number of ether oxygens (including phenoxy) is 2. The Labute approximate surface area is 219 Å². The van der Waals surface area contributed by atoms with E-state index in [1.165, 1.54) is 6.21 Å². The van der Waals surface area contributed by atoms with Crippen molar-refractivity contribution in [3.8, 4) is 11.5 Å². The summed E-state index contributed by atoms with van der Waals surface area (Å²) in [7, 11) is 0. The number of benzene rings is 2. The van der Waals surface area contributed by atoms with Crippen LogP contribution in [0.25, 0.3) is 0 Å². The molecule has 0 atom stereocenters. The second-order valence-corrected chi connectivity index (χ2v) is 9.53.